The second-order valence-corrected chi connectivity index (χ2v) is 6.87. The van der Waals surface area contributed by atoms with E-state index in [1.54, 1.807) is 0 Å². The molecule has 28 heavy (non-hydrogen) atoms. The third-order valence-corrected chi connectivity index (χ3v) is 4.63. The van der Waals surface area contributed by atoms with E-state index in [1.807, 2.05) is 42.5 Å². The number of aryl methyl sites for hydroxylation is 1. The Hall–Kier alpha value is -2.48. The number of fused-ring (bicyclic) bond motifs is 2. The number of rotatable bonds is 7. The van der Waals surface area contributed by atoms with Crippen LogP contribution in [0.1, 0.15) is 12.0 Å². The zero-order valence-corrected chi connectivity index (χ0v) is 15.6. The average molecular weight is 387 g/mol. The van der Waals surface area contributed by atoms with Gasteiger partial charge in [0.15, 0.2) is 17.2 Å². The first-order valence-corrected chi connectivity index (χ1v) is 9.61. The van der Waals surface area contributed by atoms with Crippen molar-refractivity contribution in [3.8, 4) is 23.0 Å². The van der Waals surface area contributed by atoms with E-state index in [4.69, 9.17) is 24.0 Å². The molecular formula is C21H25NO6. The average Bonchev–Trinajstić information content (AvgIpc) is 2.98. The summed E-state index contributed by atoms with van der Waals surface area (Å²) in [6.07, 6.45) is 1.02. The zero-order chi connectivity index (χ0) is 19.2. The third-order valence-electron chi connectivity index (χ3n) is 4.63. The summed E-state index contributed by atoms with van der Waals surface area (Å²) in [7, 11) is 0. The van der Waals surface area contributed by atoms with Crippen LogP contribution < -0.4 is 24.4 Å². The van der Waals surface area contributed by atoms with Crippen molar-refractivity contribution in [3.63, 3.8) is 0 Å². The molecule has 2 unspecified atom stereocenters. The van der Waals surface area contributed by atoms with Gasteiger partial charge in [-0.3, -0.25) is 0 Å². The molecule has 0 fully saturated rings. The number of hydrogen-bond donors (Lipinski definition) is 2. The first-order valence-electron chi connectivity index (χ1n) is 9.61. The smallest absolute Gasteiger partial charge is 0.210 e. The molecule has 0 spiro atoms. The lowest BCUT2D eigenvalue weighted by Crippen LogP contribution is -2.41. The van der Waals surface area contributed by atoms with Gasteiger partial charge in [0.05, 0.1) is 6.61 Å². The van der Waals surface area contributed by atoms with Gasteiger partial charge in [0.2, 0.25) is 5.75 Å². The van der Waals surface area contributed by atoms with Crippen LogP contribution in [-0.4, -0.2) is 50.2 Å². The van der Waals surface area contributed by atoms with E-state index in [9.17, 15) is 5.11 Å². The molecule has 2 aliphatic rings. The topological polar surface area (TPSA) is 78.4 Å². The van der Waals surface area contributed by atoms with E-state index in [2.05, 4.69) is 5.32 Å². The van der Waals surface area contributed by atoms with Crippen LogP contribution in [0.4, 0.5) is 0 Å². The highest BCUT2D eigenvalue weighted by molar-refractivity contribution is 5.46. The Morgan fingerprint density at radius 1 is 1.14 bits per heavy atom. The molecule has 0 radical (unpaired) electrons. The van der Waals surface area contributed by atoms with Crippen molar-refractivity contribution in [1.82, 2.24) is 5.32 Å². The van der Waals surface area contributed by atoms with Crippen LogP contribution in [0.5, 0.6) is 23.0 Å². The van der Waals surface area contributed by atoms with Crippen LogP contribution >= 0.6 is 0 Å². The maximum absolute atomic E-state index is 10.2. The van der Waals surface area contributed by atoms with Crippen molar-refractivity contribution in [2.24, 2.45) is 0 Å². The predicted molar refractivity (Wildman–Crippen MR) is 102 cm³/mol. The fraction of sp³-hybridized carbons (Fsp3) is 0.429. The summed E-state index contributed by atoms with van der Waals surface area (Å²) in [5, 5.41) is 13.4. The molecule has 2 aromatic carbocycles. The van der Waals surface area contributed by atoms with E-state index < -0.39 is 6.10 Å². The molecule has 2 aromatic rings. The maximum Gasteiger partial charge on any atom is 0.210 e. The number of para-hydroxylation sites is 3. The summed E-state index contributed by atoms with van der Waals surface area (Å²) in [5.74, 6) is 2.70. The lowest BCUT2D eigenvalue weighted by molar-refractivity contribution is -0.204. The third kappa shape index (κ3) is 4.67. The van der Waals surface area contributed by atoms with Crippen LogP contribution in [0, 0.1) is 0 Å². The lowest BCUT2D eigenvalue weighted by atomic mass is 10.1. The monoisotopic (exact) mass is 387 g/mol. The molecule has 2 aliphatic heterocycles. The Morgan fingerprint density at radius 3 is 2.96 bits per heavy atom. The van der Waals surface area contributed by atoms with E-state index in [1.165, 1.54) is 0 Å². The second-order valence-electron chi connectivity index (χ2n) is 6.87. The highest BCUT2D eigenvalue weighted by Crippen LogP contribution is 2.34. The van der Waals surface area contributed by atoms with Gasteiger partial charge >= 0.3 is 0 Å². The van der Waals surface area contributed by atoms with Crippen molar-refractivity contribution in [3.05, 3.63) is 48.0 Å². The minimum Gasteiger partial charge on any atom is -0.487 e. The van der Waals surface area contributed by atoms with Gasteiger partial charge in [-0.05, 0) is 31.0 Å². The molecule has 2 N–H and O–H groups in total. The normalized spacial score (nSPS) is 19.1. The summed E-state index contributed by atoms with van der Waals surface area (Å²) in [6.45, 7) is 2.14. The molecular weight excluding hydrogens is 362 g/mol. The van der Waals surface area contributed by atoms with E-state index >= 15 is 0 Å². The molecule has 2 atom stereocenters. The molecule has 7 nitrogen and oxygen atoms in total. The van der Waals surface area contributed by atoms with Gasteiger partial charge in [-0.2, -0.15) is 4.89 Å². The fourth-order valence-corrected chi connectivity index (χ4v) is 3.21. The summed E-state index contributed by atoms with van der Waals surface area (Å²) in [6, 6.07) is 13.3. The van der Waals surface area contributed by atoms with Gasteiger partial charge in [0.1, 0.15) is 25.4 Å². The molecule has 0 amide bonds. The highest BCUT2D eigenvalue weighted by Gasteiger charge is 2.21. The van der Waals surface area contributed by atoms with Gasteiger partial charge in [-0.25, -0.2) is 0 Å². The summed E-state index contributed by atoms with van der Waals surface area (Å²) < 4.78 is 17.3. The molecule has 0 aliphatic carbocycles. The van der Waals surface area contributed by atoms with Gasteiger partial charge in [-0.15, -0.1) is 0 Å². The number of ether oxygens (including phenoxy) is 3. The van der Waals surface area contributed by atoms with E-state index in [0.29, 0.717) is 37.8 Å². The van der Waals surface area contributed by atoms with Crippen LogP contribution in [0.25, 0.3) is 0 Å². The maximum atomic E-state index is 10.2. The number of aliphatic hydroxyl groups excluding tert-OH is 1. The molecule has 0 bridgehead atoms. The SMILES string of the molecule is OC(CNCC1COc2ccccc2O1)COc1cccc2c1OOCCC2. The highest BCUT2D eigenvalue weighted by atomic mass is 17.2. The summed E-state index contributed by atoms with van der Waals surface area (Å²) in [5.41, 5.74) is 1.05. The van der Waals surface area contributed by atoms with Crippen LogP contribution in [-0.2, 0) is 11.3 Å². The molecule has 0 saturated heterocycles. The predicted octanol–water partition coefficient (Wildman–Crippen LogP) is 2.11. The fourth-order valence-electron chi connectivity index (χ4n) is 3.21. The Kier molecular flexibility index (Phi) is 6.16. The Balaban J connectivity index is 1.21. The largest absolute Gasteiger partial charge is 0.487 e. The number of hydrogen-bond acceptors (Lipinski definition) is 7. The zero-order valence-electron chi connectivity index (χ0n) is 15.6. The first kappa shape index (κ1) is 18.9. The molecule has 150 valence electrons. The summed E-state index contributed by atoms with van der Waals surface area (Å²) in [4.78, 5) is 10.5. The van der Waals surface area contributed by atoms with Crippen molar-refractivity contribution in [1.29, 1.82) is 0 Å². The molecule has 0 saturated carbocycles. The first-order chi connectivity index (χ1) is 13.8. The minimum atomic E-state index is -0.667. The standard InChI is InChI=1S/C21H25NO6/c23-16(11-22-12-17-14-25-18-7-1-2-8-19(18)27-17)13-24-20-9-3-5-15-6-4-10-26-28-21(15)20/h1-3,5,7-9,16-17,22-23H,4,6,10-14H2. The number of benzene rings is 2. The number of aliphatic hydroxyl groups is 1. The van der Waals surface area contributed by atoms with Crippen LogP contribution in [0.15, 0.2) is 42.5 Å². The molecule has 2 heterocycles. The Bertz CT molecular complexity index is 783. The Labute approximate surface area is 164 Å². The Morgan fingerprint density at radius 2 is 2.04 bits per heavy atom. The van der Waals surface area contributed by atoms with Crippen molar-refractivity contribution >= 4 is 0 Å². The number of nitrogens with one attached hydrogen (secondary N) is 1. The summed E-state index contributed by atoms with van der Waals surface area (Å²) >= 11 is 0. The van der Waals surface area contributed by atoms with Gasteiger partial charge in [-0.1, -0.05) is 24.3 Å². The van der Waals surface area contributed by atoms with Crippen molar-refractivity contribution in [2.75, 3.05) is 32.9 Å². The second kappa shape index (κ2) is 9.14. The quantitative estimate of drug-likeness (QED) is 0.705. The van der Waals surface area contributed by atoms with Crippen molar-refractivity contribution in [2.45, 2.75) is 25.0 Å². The molecule has 0 aromatic heterocycles. The minimum absolute atomic E-state index is 0.0986. The van der Waals surface area contributed by atoms with Crippen molar-refractivity contribution < 1.29 is 29.1 Å². The van der Waals surface area contributed by atoms with Crippen LogP contribution in [0.3, 0.4) is 0 Å². The van der Waals surface area contributed by atoms with Gasteiger partial charge in [0, 0.05) is 18.7 Å². The van der Waals surface area contributed by atoms with Crippen LogP contribution in [0.2, 0.25) is 0 Å². The van der Waals surface area contributed by atoms with Gasteiger partial charge < -0.3 is 29.5 Å². The molecule has 7 heteroatoms. The van der Waals surface area contributed by atoms with E-state index in [0.717, 1.165) is 29.9 Å². The van der Waals surface area contributed by atoms with E-state index in [-0.39, 0.29) is 12.7 Å². The van der Waals surface area contributed by atoms with Gasteiger partial charge in [0.25, 0.3) is 0 Å². The lowest BCUT2D eigenvalue weighted by Gasteiger charge is -2.27. The molecule has 4 rings (SSSR count).